The van der Waals surface area contributed by atoms with Crippen molar-refractivity contribution in [3.05, 3.63) is 33.8 Å². The number of carbonyl (C=O) groups is 1. The lowest BCUT2D eigenvalue weighted by Gasteiger charge is -2.32. The zero-order chi connectivity index (χ0) is 14.0. The second kappa shape index (κ2) is 7.33. The van der Waals surface area contributed by atoms with Crippen molar-refractivity contribution in [2.24, 2.45) is 11.7 Å². The number of amides is 1. The number of rotatable bonds is 2. The van der Waals surface area contributed by atoms with E-state index in [0.29, 0.717) is 19.6 Å². The SMILES string of the molecule is Cl.NCC1CCCN(C(=O)c2c(F)cc(Br)cc2F)C1. The highest BCUT2D eigenvalue weighted by Gasteiger charge is 2.27. The van der Waals surface area contributed by atoms with Crippen molar-refractivity contribution in [1.82, 2.24) is 4.90 Å². The van der Waals surface area contributed by atoms with Crippen molar-refractivity contribution >= 4 is 34.2 Å². The van der Waals surface area contributed by atoms with Gasteiger partial charge in [0, 0.05) is 17.6 Å². The number of nitrogens with zero attached hydrogens (tertiary/aromatic N) is 1. The predicted molar refractivity (Wildman–Crippen MR) is 79.0 cm³/mol. The summed E-state index contributed by atoms with van der Waals surface area (Å²) in [5, 5.41) is 0. The lowest BCUT2D eigenvalue weighted by atomic mass is 9.97. The van der Waals surface area contributed by atoms with E-state index in [-0.39, 0.29) is 22.8 Å². The second-order valence-corrected chi connectivity index (χ2v) is 5.66. The van der Waals surface area contributed by atoms with Crippen LogP contribution in [0.15, 0.2) is 16.6 Å². The van der Waals surface area contributed by atoms with Crippen molar-refractivity contribution in [3.8, 4) is 0 Å². The van der Waals surface area contributed by atoms with Gasteiger partial charge in [0.25, 0.3) is 5.91 Å². The summed E-state index contributed by atoms with van der Waals surface area (Å²) >= 11 is 2.99. The minimum atomic E-state index is -0.841. The number of carbonyl (C=O) groups excluding carboxylic acids is 1. The molecule has 1 saturated heterocycles. The third-order valence-corrected chi connectivity index (χ3v) is 3.82. The molecule has 1 aliphatic rings. The van der Waals surface area contributed by atoms with Crippen LogP contribution in [0.3, 0.4) is 0 Å². The zero-order valence-corrected chi connectivity index (χ0v) is 13.1. The Bertz CT molecular complexity index is 478. The Balaban J connectivity index is 0.00000200. The molecule has 1 aromatic carbocycles. The molecule has 1 aromatic rings. The number of halogens is 4. The standard InChI is InChI=1S/C13H15BrF2N2O.ClH/c14-9-4-10(15)12(11(16)5-9)13(19)18-3-1-2-8(6-17)7-18;/h4-5,8H,1-3,6-7,17H2;1H. The molecule has 1 atom stereocenters. The number of likely N-dealkylation sites (tertiary alicyclic amines) is 1. The van der Waals surface area contributed by atoms with E-state index in [1.54, 1.807) is 0 Å². The van der Waals surface area contributed by atoms with E-state index >= 15 is 0 Å². The van der Waals surface area contributed by atoms with E-state index in [2.05, 4.69) is 15.9 Å². The molecule has 0 spiro atoms. The van der Waals surface area contributed by atoms with E-state index < -0.39 is 23.1 Å². The number of hydrogen-bond acceptors (Lipinski definition) is 2. The molecule has 112 valence electrons. The lowest BCUT2D eigenvalue weighted by molar-refractivity contribution is 0.0668. The van der Waals surface area contributed by atoms with Gasteiger partial charge in [-0.15, -0.1) is 12.4 Å². The Labute approximate surface area is 131 Å². The average Bonchev–Trinajstić information content (AvgIpc) is 2.37. The molecular formula is C13H16BrClF2N2O. The molecule has 1 aliphatic heterocycles. The molecule has 0 radical (unpaired) electrons. The fourth-order valence-electron chi connectivity index (χ4n) is 2.35. The van der Waals surface area contributed by atoms with Crippen molar-refractivity contribution in [2.45, 2.75) is 12.8 Å². The van der Waals surface area contributed by atoms with Crippen LogP contribution in [0.4, 0.5) is 8.78 Å². The predicted octanol–water partition coefficient (Wildman–Crippen LogP) is 2.96. The number of nitrogens with two attached hydrogens (primary N) is 1. The maximum absolute atomic E-state index is 13.8. The van der Waals surface area contributed by atoms with Gasteiger partial charge in [0.15, 0.2) is 0 Å². The molecular weight excluding hydrogens is 354 g/mol. The van der Waals surface area contributed by atoms with Gasteiger partial charge in [-0.25, -0.2) is 8.78 Å². The fourth-order valence-corrected chi connectivity index (χ4v) is 2.75. The van der Waals surface area contributed by atoms with Crippen molar-refractivity contribution < 1.29 is 13.6 Å². The summed E-state index contributed by atoms with van der Waals surface area (Å²) in [4.78, 5) is 13.7. The Kier molecular flexibility index (Phi) is 6.36. The van der Waals surface area contributed by atoms with Crippen molar-refractivity contribution in [1.29, 1.82) is 0 Å². The van der Waals surface area contributed by atoms with Crippen LogP contribution in [-0.4, -0.2) is 30.4 Å². The smallest absolute Gasteiger partial charge is 0.259 e. The summed E-state index contributed by atoms with van der Waals surface area (Å²) in [6.45, 7) is 1.46. The van der Waals surface area contributed by atoms with Crippen molar-refractivity contribution in [3.63, 3.8) is 0 Å². The molecule has 1 unspecified atom stereocenters. The highest BCUT2D eigenvalue weighted by molar-refractivity contribution is 9.10. The van der Waals surface area contributed by atoms with E-state index in [4.69, 9.17) is 5.73 Å². The molecule has 3 nitrogen and oxygen atoms in total. The Morgan fingerprint density at radius 1 is 1.40 bits per heavy atom. The lowest BCUT2D eigenvalue weighted by Crippen LogP contribution is -2.42. The summed E-state index contributed by atoms with van der Waals surface area (Å²) < 4.78 is 27.8. The van der Waals surface area contributed by atoms with Gasteiger partial charge in [0.1, 0.15) is 17.2 Å². The van der Waals surface area contributed by atoms with Crippen LogP contribution in [0.5, 0.6) is 0 Å². The summed E-state index contributed by atoms with van der Waals surface area (Å²) in [6.07, 6.45) is 1.76. The van der Waals surface area contributed by atoms with Crippen LogP contribution in [0.1, 0.15) is 23.2 Å². The summed E-state index contributed by atoms with van der Waals surface area (Å²) in [6, 6.07) is 2.20. The van der Waals surface area contributed by atoms with Gasteiger partial charge in [-0.3, -0.25) is 4.79 Å². The summed E-state index contributed by atoms with van der Waals surface area (Å²) in [7, 11) is 0. The van der Waals surface area contributed by atoms with Gasteiger partial charge >= 0.3 is 0 Å². The zero-order valence-electron chi connectivity index (χ0n) is 10.7. The topological polar surface area (TPSA) is 46.3 Å². The molecule has 1 heterocycles. The fraction of sp³-hybridized carbons (Fsp3) is 0.462. The largest absolute Gasteiger partial charge is 0.338 e. The Hall–Kier alpha value is -0.720. The Morgan fingerprint density at radius 2 is 2.00 bits per heavy atom. The maximum Gasteiger partial charge on any atom is 0.259 e. The molecule has 1 fully saturated rings. The van der Waals surface area contributed by atoms with Crippen molar-refractivity contribution in [2.75, 3.05) is 19.6 Å². The third-order valence-electron chi connectivity index (χ3n) is 3.36. The van der Waals surface area contributed by atoms with E-state index in [9.17, 15) is 13.6 Å². The second-order valence-electron chi connectivity index (χ2n) is 4.74. The van der Waals surface area contributed by atoms with Crippen LogP contribution in [0.2, 0.25) is 0 Å². The Morgan fingerprint density at radius 3 is 2.55 bits per heavy atom. The minimum absolute atomic E-state index is 0. The summed E-state index contributed by atoms with van der Waals surface area (Å²) in [5.74, 6) is -2.07. The van der Waals surface area contributed by atoms with Crippen LogP contribution in [0.25, 0.3) is 0 Å². The normalized spacial score (nSPS) is 18.6. The van der Waals surface area contributed by atoms with E-state index in [0.717, 1.165) is 25.0 Å². The first kappa shape index (κ1) is 17.3. The molecule has 1 amide bonds. The highest BCUT2D eigenvalue weighted by Crippen LogP contribution is 2.23. The molecule has 7 heteroatoms. The van der Waals surface area contributed by atoms with E-state index in [1.165, 1.54) is 4.90 Å². The molecule has 20 heavy (non-hydrogen) atoms. The first-order chi connectivity index (χ1) is 9.02. The van der Waals surface area contributed by atoms with Gasteiger partial charge in [-0.2, -0.15) is 0 Å². The maximum atomic E-state index is 13.8. The molecule has 2 rings (SSSR count). The monoisotopic (exact) mass is 368 g/mol. The van der Waals surface area contributed by atoms with Crippen LogP contribution >= 0.6 is 28.3 Å². The highest BCUT2D eigenvalue weighted by atomic mass is 79.9. The van der Waals surface area contributed by atoms with Gasteiger partial charge < -0.3 is 10.6 Å². The number of piperidine rings is 1. The van der Waals surface area contributed by atoms with E-state index in [1.807, 2.05) is 0 Å². The van der Waals surface area contributed by atoms with Gasteiger partial charge in [0.2, 0.25) is 0 Å². The number of benzene rings is 1. The molecule has 2 N–H and O–H groups in total. The molecule has 0 aromatic heterocycles. The first-order valence-corrected chi connectivity index (χ1v) is 6.96. The van der Waals surface area contributed by atoms with Gasteiger partial charge in [-0.1, -0.05) is 15.9 Å². The minimum Gasteiger partial charge on any atom is -0.338 e. The number of hydrogen-bond donors (Lipinski definition) is 1. The van der Waals surface area contributed by atoms with Crippen LogP contribution < -0.4 is 5.73 Å². The average molecular weight is 370 g/mol. The van der Waals surface area contributed by atoms with Gasteiger partial charge in [0.05, 0.1) is 0 Å². The molecule has 0 aliphatic carbocycles. The molecule has 0 bridgehead atoms. The van der Waals surface area contributed by atoms with Crippen LogP contribution in [0, 0.1) is 17.6 Å². The quantitative estimate of drug-likeness (QED) is 0.871. The first-order valence-electron chi connectivity index (χ1n) is 6.16. The van der Waals surface area contributed by atoms with Gasteiger partial charge in [-0.05, 0) is 37.4 Å². The summed E-state index contributed by atoms with van der Waals surface area (Å²) in [5.41, 5.74) is 5.11. The molecule has 0 saturated carbocycles. The van der Waals surface area contributed by atoms with Crippen LogP contribution in [-0.2, 0) is 0 Å². The third kappa shape index (κ3) is 3.68.